The number of rotatable bonds is 0. The molecule has 2 aliphatic heterocycles. The molecule has 76 valence electrons. The number of hydrogen-bond donors (Lipinski definition) is 1. The molecule has 2 saturated heterocycles. The van der Waals surface area contributed by atoms with E-state index < -0.39 is 9.84 Å². The van der Waals surface area contributed by atoms with Gasteiger partial charge in [0.15, 0.2) is 9.84 Å². The smallest absolute Gasteiger partial charge is 0.153 e. The first-order valence-corrected chi connectivity index (χ1v) is 6.49. The van der Waals surface area contributed by atoms with E-state index in [1.54, 1.807) is 0 Å². The average Bonchev–Trinajstić information content (AvgIpc) is 2.26. The van der Waals surface area contributed by atoms with Crippen molar-refractivity contribution in [2.24, 2.45) is 0 Å². The van der Waals surface area contributed by atoms with Crippen LogP contribution in [0.15, 0.2) is 0 Å². The predicted octanol–water partition coefficient (Wildman–Crippen LogP) is -0.446. The number of hydrogen-bond acceptors (Lipinski definition) is 4. The van der Waals surface area contributed by atoms with Gasteiger partial charge in [-0.25, -0.2) is 8.42 Å². The highest BCUT2D eigenvalue weighted by Crippen LogP contribution is 2.30. The molecule has 5 heteroatoms. The van der Waals surface area contributed by atoms with Crippen molar-refractivity contribution < 1.29 is 13.2 Å². The average molecular weight is 205 g/mol. The Balaban J connectivity index is 2.12. The van der Waals surface area contributed by atoms with Crippen LogP contribution in [0.3, 0.4) is 0 Å². The zero-order valence-corrected chi connectivity index (χ0v) is 8.40. The topological polar surface area (TPSA) is 55.4 Å². The fourth-order valence-corrected chi connectivity index (χ4v) is 4.05. The van der Waals surface area contributed by atoms with E-state index in [-0.39, 0.29) is 11.4 Å². The van der Waals surface area contributed by atoms with Crippen LogP contribution in [0.25, 0.3) is 0 Å². The minimum Gasteiger partial charge on any atom is -0.373 e. The summed E-state index contributed by atoms with van der Waals surface area (Å²) in [5, 5.41) is 3.21. The van der Waals surface area contributed by atoms with Crippen molar-refractivity contribution in [3.05, 3.63) is 0 Å². The van der Waals surface area contributed by atoms with E-state index in [0.29, 0.717) is 18.8 Å². The van der Waals surface area contributed by atoms with Gasteiger partial charge in [-0.3, -0.25) is 0 Å². The van der Waals surface area contributed by atoms with E-state index in [2.05, 4.69) is 5.32 Å². The summed E-state index contributed by atoms with van der Waals surface area (Å²) in [6.45, 7) is 2.34. The number of nitrogens with one attached hydrogen (secondary N) is 1. The van der Waals surface area contributed by atoms with Crippen LogP contribution in [0, 0.1) is 0 Å². The van der Waals surface area contributed by atoms with Gasteiger partial charge in [0.05, 0.1) is 23.7 Å². The van der Waals surface area contributed by atoms with Crippen molar-refractivity contribution in [2.45, 2.75) is 18.4 Å². The molecule has 2 heterocycles. The summed E-state index contributed by atoms with van der Waals surface area (Å²) in [5.74, 6) is 0.522. The molecule has 1 spiro atoms. The van der Waals surface area contributed by atoms with E-state index in [4.69, 9.17) is 4.74 Å². The Labute approximate surface area is 78.6 Å². The first-order valence-electron chi connectivity index (χ1n) is 4.67. The van der Waals surface area contributed by atoms with Crippen LogP contribution in [-0.2, 0) is 14.6 Å². The maximum atomic E-state index is 11.3. The number of ether oxygens (including phenoxy) is 1. The van der Waals surface area contributed by atoms with Gasteiger partial charge < -0.3 is 10.1 Å². The molecule has 2 fully saturated rings. The summed E-state index contributed by atoms with van der Waals surface area (Å²) in [7, 11) is -2.82. The molecule has 0 aliphatic carbocycles. The van der Waals surface area contributed by atoms with Crippen molar-refractivity contribution in [1.82, 2.24) is 5.32 Å². The van der Waals surface area contributed by atoms with E-state index >= 15 is 0 Å². The highest BCUT2D eigenvalue weighted by atomic mass is 32.2. The predicted molar refractivity (Wildman–Crippen MR) is 49.4 cm³/mol. The van der Waals surface area contributed by atoms with Gasteiger partial charge >= 0.3 is 0 Å². The lowest BCUT2D eigenvalue weighted by atomic mass is 9.99. The van der Waals surface area contributed by atoms with Gasteiger partial charge in [0, 0.05) is 6.54 Å². The summed E-state index contributed by atoms with van der Waals surface area (Å²) in [6, 6.07) is 0. The molecular weight excluding hydrogens is 190 g/mol. The van der Waals surface area contributed by atoms with E-state index in [0.717, 1.165) is 19.5 Å². The van der Waals surface area contributed by atoms with Crippen molar-refractivity contribution >= 4 is 9.84 Å². The van der Waals surface area contributed by atoms with E-state index in [1.807, 2.05) is 0 Å². The molecule has 0 aromatic rings. The minimum atomic E-state index is -2.82. The van der Waals surface area contributed by atoms with Crippen LogP contribution in [0.2, 0.25) is 0 Å². The Morgan fingerprint density at radius 2 is 2.08 bits per heavy atom. The van der Waals surface area contributed by atoms with Crippen LogP contribution in [0.1, 0.15) is 12.8 Å². The van der Waals surface area contributed by atoms with Gasteiger partial charge in [-0.1, -0.05) is 0 Å². The molecule has 0 aromatic heterocycles. The normalized spacial score (nSPS) is 39.1. The summed E-state index contributed by atoms with van der Waals surface area (Å²) >= 11 is 0. The molecule has 2 aliphatic rings. The zero-order chi connectivity index (χ0) is 9.36. The Kier molecular flexibility index (Phi) is 2.33. The molecule has 1 atom stereocenters. The molecule has 0 aromatic carbocycles. The van der Waals surface area contributed by atoms with Crippen molar-refractivity contribution in [3.8, 4) is 0 Å². The van der Waals surface area contributed by atoms with E-state index in [1.165, 1.54) is 0 Å². The van der Waals surface area contributed by atoms with Gasteiger partial charge in [-0.05, 0) is 19.4 Å². The Morgan fingerprint density at radius 1 is 1.23 bits per heavy atom. The van der Waals surface area contributed by atoms with Gasteiger partial charge in [-0.2, -0.15) is 0 Å². The molecule has 0 saturated carbocycles. The lowest BCUT2D eigenvalue weighted by molar-refractivity contribution is -0.0169. The molecule has 2 rings (SSSR count). The summed E-state index contributed by atoms with van der Waals surface area (Å²) < 4.78 is 28.3. The molecule has 4 nitrogen and oxygen atoms in total. The minimum absolute atomic E-state index is 0.224. The van der Waals surface area contributed by atoms with Crippen LogP contribution < -0.4 is 5.32 Å². The molecule has 0 amide bonds. The van der Waals surface area contributed by atoms with Crippen molar-refractivity contribution in [3.63, 3.8) is 0 Å². The molecule has 0 radical (unpaired) electrons. The van der Waals surface area contributed by atoms with Gasteiger partial charge in [0.1, 0.15) is 0 Å². The SMILES string of the molecule is O=S1(=O)CCC2(CCNCCO2)C1. The first kappa shape index (κ1) is 9.43. The highest BCUT2D eigenvalue weighted by molar-refractivity contribution is 7.91. The molecular formula is C8H15NO3S. The monoisotopic (exact) mass is 205 g/mol. The molecule has 1 N–H and O–H groups in total. The van der Waals surface area contributed by atoms with Gasteiger partial charge in [0.25, 0.3) is 0 Å². The van der Waals surface area contributed by atoms with Crippen LogP contribution >= 0.6 is 0 Å². The summed E-state index contributed by atoms with van der Waals surface area (Å²) in [5.41, 5.74) is -0.359. The van der Waals surface area contributed by atoms with Crippen molar-refractivity contribution in [2.75, 3.05) is 31.2 Å². The third-order valence-corrected chi connectivity index (χ3v) is 4.59. The second-order valence-corrected chi connectivity index (χ2v) is 6.06. The summed E-state index contributed by atoms with van der Waals surface area (Å²) in [6.07, 6.45) is 1.50. The third kappa shape index (κ3) is 2.03. The molecule has 1 unspecified atom stereocenters. The first-order chi connectivity index (χ1) is 6.12. The lowest BCUT2D eigenvalue weighted by Crippen LogP contribution is -2.34. The highest BCUT2D eigenvalue weighted by Gasteiger charge is 2.43. The molecule has 0 bridgehead atoms. The maximum Gasteiger partial charge on any atom is 0.153 e. The fraction of sp³-hybridized carbons (Fsp3) is 1.00. The Morgan fingerprint density at radius 3 is 2.77 bits per heavy atom. The third-order valence-electron chi connectivity index (χ3n) is 2.80. The van der Waals surface area contributed by atoms with Gasteiger partial charge in [-0.15, -0.1) is 0 Å². The van der Waals surface area contributed by atoms with Crippen LogP contribution in [-0.4, -0.2) is 45.2 Å². The second kappa shape index (κ2) is 3.22. The maximum absolute atomic E-state index is 11.3. The van der Waals surface area contributed by atoms with Crippen LogP contribution in [0.5, 0.6) is 0 Å². The van der Waals surface area contributed by atoms with Crippen LogP contribution in [0.4, 0.5) is 0 Å². The lowest BCUT2D eigenvalue weighted by Gasteiger charge is -2.25. The second-order valence-electron chi connectivity index (χ2n) is 3.87. The molecule has 13 heavy (non-hydrogen) atoms. The van der Waals surface area contributed by atoms with Gasteiger partial charge in [0.2, 0.25) is 0 Å². The zero-order valence-electron chi connectivity index (χ0n) is 7.58. The summed E-state index contributed by atoms with van der Waals surface area (Å²) in [4.78, 5) is 0. The van der Waals surface area contributed by atoms with E-state index in [9.17, 15) is 8.42 Å². The number of sulfone groups is 1. The van der Waals surface area contributed by atoms with Crippen molar-refractivity contribution in [1.29, 1.82) is 0 Å². The fourth-order valence-electron chi connectivity index (χ4n) is 2.05. The Bertz CT molecular complexity index is 278. The quantitative estimate of drug-likeness (QED) is 0.582. The standard InChI is InChI=1S/C8H15NO3S/c10-13(11)6-2-8(7-13)1-3-9-4-5-12-8/h9H,1-7H2. The Hall–Kier alpha value is -0.130. The largest absolute Gasteiger partial charge is 0.373 e.